The van der Waals surface area contributed by atoms with Crippen LogP contribution in [-0.4, -0.2) is 25.1 Å². The van der Waals surface area contributed by atoms with Crippen LogP contribution in [0.2, 0.25) is 5.02 Å². The van der Waals surface area contributed by atoms with E-state index in [9.17, 15) is 18.4 Å². The van der Waals surface area contributed by atoms with Crippen LogP contribution in [0.15, 0.2) is 41.3 Å². The van der Waals surface area contributed by atoms with E-state index in [-0.39, 0.29) is 16.1 Å². The lowest BCUT2D eigenvalue weighted by Gasteiger charge is -2.18. The van der Waals surface area contributed by atoms with Crippen LogP contribution < -0.4 is 10.6 Å². The van der Waals surface area contributed by atoms with Crippen molar-refractivity contribution in [1.29, 1.82) is 0 Å². The normalized spacial score (nSPS) is 11.7. The van der Waals surface area contributed by atoms with E-state index in [1.54, 1.807) is 18.2 Å². The number of halogens is 3. The smallest absolute Gasteiger partial charge is 0.253 e. The van der Waals surface area contributed by atoms with Gasteiger partial charge in [0.15, 0.2) is 11.6 Å². The summed E-state index contributed by atoms with van der Waals surface area (Å²) in [5.74, 6) is -3.32. The summed E-state index contributed by atoms with van der Waals surface area (Å²) < 4.78 is 26.6. The van der Waals surface area contributed by atoms with Crippen LogP contribution in [0.4, 0.5) is 8.78 Å². The lowest BCUT2D eigenvalue weighted by molar-refractivity contribution is -0.122. The van der Waals surface area contributed by atoms with Crippen LogP contribution in [0.25, 0.3) is 0 Å². The number of nitrogens with one attached hydrogen (secondary N) is 2. The fourth-order valence-corrected chi connectivity index (χ4v) is 2.79. The molecule has 0 spiro atoms. The molecule has 2 N–H and O–H groups in total. The van der Waals surface area contributed by atoms with Gasteiger partial charge in [0, 0.05) is 11.9 Å². The van der Waals surface area contributed by atoms with Gasteiger partial charge in [-0.05, 0) is 42.2 Å². The van der Waals surface area contributed by atoms with E-state index in [1.165, 1.54) is 24.9 Å². The predicted molar refractivity (Wildman–Crippen MR) is 93.9 cm³/mol. The number of benzene rings is 2. The molecule has 0 bridgehead atoms. The van der Waals surface area contributed by atoms with Crippen molar-refractivity contribution < 1.29 is 18.4 Å². The molecule has 4 nitrogen and oxygen atoms in total. The van der Waals surface area contributed by atoms with Gasteiger partial charge in [0.1, 0.15) is 6.04 Å². The number of rotatable bonds is 5. The Labute approximate surface area is 152 Å². The highest BCUT2D eigenvalue weighted by atomic mass is 35.5. The Bertz CT molecular complexity index is 817. The van der Waals surface area contributed by atoms with E-state index in [0.717, 1.165) is 17.0 Å². The molecule has 2 aromatic carbocycles. The highest BCUT2D eigenvalue weighted by Crippen LogP contribution is 2.24. The van der Waals surface area contributed by atoms with Crippen LogP contribution in [0.3, 0.4) is 0 Å². The molecule has 0 saturated heterocycles. The molecule has 2 rings (SSSR count). The van der Waals surface area contributed by atoms with Crippen molar-refractivity contribution in [3.8, 4) is 0 Å². The molecule has 25 heavy (non-hydrogen) atoms. The Morgan fingerprint density at radius 1 is 1.12 bits per heavy atom. The van der Waals surface area contributed by atoms with Crippen molar-refractivity contribution in [3.05, 3.63) is 64.2 Å². The molecule has 8 heteroatoms. The third kappa shape index (κ3) is 4.49. The van der Waals surface area contributed by atoms with Crippen molar-refractivity contribution in [1.82, 2.24) is 10.6 Å². The first kappa shape index (κ1) is 19.2. The van der Waals surface area contributed by atoms with E-state index in [2.05, 4.69) is 10.6 Å². The second-order valence-electron chi connectivity index (χ2n) is 5.04. The zero-order valence-electron chi connectivity index (χ0n) is 13.4. The highest BCUT2D eigenvalue weighted by Gasteiger charge is 2.24. The van der Waals surface area contributed by atoms with Crippen LogP contribution in [0, 0.1) is 11.6 Å². The quantitative estimate of drug-likeness (QED) is 0.775. The third-order valence-electron chi connectivity index (χ3n) is 3.48. The maximum absolute atomic E-state index is 13.5. The van der Waals surface area contributed by atoms with Crippen molar-refractivity contribution in [2.45, 2.75) is 10.9 Å². The Balaban J connectivity index is 2.35. The van der Waals surface area contributed by atoms with E-state index < -0.39 is 29.5 Å². The fourth-order valence-electron chi connectivity index (χ4n) is 2.15. The number of hydrogen-bond donors (Lipinski definition) is 2. The summed E-state index contributed by atoms with van der Waals surface area (Å²) in [4.78, 5) is 25.5. The molecule has 0 heterocycles. The standard InChI is InChI=1S/C17H15ClF2N2O2S/c1-21-17(24)15(9-3-6-13(19)14(20)7-9)22-16(23)11-8-10(25-2)4-5-12(11)18/h3-8,15H,1-2H3,(H,21,24)(H,22,23). The number of likely N-dealkylation sites (N-methyl/N-ethyl adjacent to an activating group) is 1. The van der Waals surface area contributed by atoms with Crippen molar-refractivity contribution >= 4 is 35.2 Å². The molecular formula is C17H15ClF2N2O2S. The molecule has 0 radical (unpaired) electrons. The van der Waals surface area contributed by atoms with Gasteiger partial charge in [-0.1, -0.05) is 17.7 Å². The number of hydrogen-bond acceptors (Lipinski definition) is 3. The van der Waals surface area contributed by atoms with Gasteiger partial charge >= 0.3 is 0 Å². The number of carbonyl (C=O) groups excluding carboxylic acids is 2. The molecule has 2 amide bonds. The Kier molecular flexibility index (Phi) is 6.39. The summed E-state index contributed by atoms with van der Waals surface area (Å²) in [6.07, 6.45) is 1.85. The minimum atomic E-state index is -1.19. The van der Waals surface area contributed by atoms with Gasteiger partial charge in [0.25, 0.3) is 5.91 Å². The number of carbonyl (C=O) groups is 2. The minimum absolute atomic E-state index is 0.115. The zero-order valence-corrected chi connectivity index (χ0v) is 15.0. The first-order valence-electron chi connectivity index (χ1n) is 7.18. The molecule has 0 aliphatic heterocycles. The molecule has 0 fully saturated rings. The Hall–Kier alpha value is -2.12. The maximum atomic E-state index is 13.5. The van der Waals surface area contributed by atoms with Crippen LogP contribution in [-0.2, 0) is 4.79 Å². The van der Waals surface area contributed by atoms with E-state index in [0.29, 0.717) is 0 Å². The van der Waals surface area contributed by atoms with Crippen LogP contribution in [0.1, 0.15) is 22.0 Å². The fraction of sp³-hybridized carbons (Fsp3) is 0.176. The summed E-state index contributed by atoms with van der Waals surface area (Å²) in [5, 5.41) is 5.11. The molecule has 1 unspecified atom stereocenters. The van der Waals surface area contributed by atoms with Crippen molar-refractivity contribution in [2.24, 2.45) is 0 Å². The topological polar surface area (TPSA) is 58.2 Å². The highest BCUT2D eigenvalue weighted by molar-refractivity contribution is 7.98. The SMILES string of the molecule is CNC(=O)C(NC(=O)c1cc(SC)ccc1Cl)c1ccc(F)c(F)c1. The molecule has 2 aromatic rings. The van der Waals surface area contributed by atoms with Gasteiger partial charge in [0.05, 0.1) is 10.6 Å². The summed E-state index contributed by atoms with van der Waals surface area (Å²) in [5.41, 5.74) is 0.300. The maximum Gasteiger partial charge on any atom is 0.253 e. The summed E-state index contributed by atoms with van der Waals surface area (Å²) in [7, 11) is 1.38. The lowest BCUT2D eigenvalue weighted by atomic mass is 10.0. The second-order valence-corrected chi connectivity index (χ2v) is 6.33. The molecule has 1 atom stereocenters. The Morgan fingerprint density at radius 3 is 2.44 bits per heavy atom. The monoisotopic (exact) mass is 384 g/mol. The molecule has 132 valence electrons. The molecule has 0 saturated carbocycles. The number of thioether (sulfide) groups is 1. The molecule has 0 aliphatic carbocycles. The molecule has 0 aromatic heterocycles. The van der Waals surface area contributed by atoms with Gasteiger partial charge in [-0.3, -0.25) is 9.59 Å². The average molecular weight is 385 g/mol. The zero-order chi connectivity index (χ0) is 18.6. The molecule has 0 aliphatic rings. The first-order chi connectivity index (χ1) is 11.9. The van der Waals surface area contributed by atoms with E-state index >= 15 is 0 Å². The molecular weight excluding hydrogens is 370 g/mol. The van der Waals surface area contributed by atoms with Gasteiger partial charge in [-0.25, -0.2) is 8.78 Å². The van der Waals surface area contributed by atoms with Gasteiger partial charge in [-0.15, -0.1) is 11.8 Å². The van der Waals surface area contributed by atoms with Gasteiger partial charge in [-0.2, -0.15) is 0 Å². The van der Waals surface area contributed by atoms with Gasteiger partial charge < -0.3 is 10.6 Å². The number of amides is 2. The minimum Gasteiger partial charge on any atom is -0.357 e. The third-order valence-corrected chi connectivity index (χ3v) is 4.53. The predicted octanol–water partition coefficient (Wildman–Crippen LogP) is 3.56. The lowest BCUT2D eigenvalue weighted by Crippen LogP contribution is -2.39. The average Bonchev–Trinajstić information content (AvgIpc) is 2.61. The second kappa shape index (κ2) is 8.31. The van der Waals surface area contributed by atoms with Gasteiger partial charge in [0.2, 0.25) is 5.91 Å². The van der Waals surface area contributed by atoms with Crippen molar-refractivity contribution in [2.75, 3.05) is 13.3 Å². The van der Waals surface area contributed by atoms with Crippen LogP contribution in [0.5, 0.6) is 0 Å². The van der Waals surface area contributed by atoms with E-state index in [1.807, 2.05) is 6.26 Å². The van der Waals surface area contributed by atoms with Crippen molar-refractivity contribution in [3.63, 3.8) is 0 Å². The van der Waals surface area contributed by atoms with E-state index in [4.69, 9.17) is 11.6 Å². The summed E-state index contributed by atoms with van der Waals surface area (Å²) in [6, 6.07) is 6.74. The summed E-state index contributed by atoms with van der Waals surface area (Å²) >= 11 is 7.49. The largest absolute Gasteiger partial charge is 0.357 e. The Morgan fingerprint density at radius 2 is 1.84 bits per heavy atom. The first-order valence-corrected chi connectivity index (χ1v) is 8.78. The summed E-state index contributed by atoms with van der Waals surface area (Å²) in [6.45, 7) is 0. The van der Waals surface area contributed by atoms with Crippen LogP contribution >= 0.6 is 23.4 Å².